The van der Waals surface area contributed by atoms with Gasteiger partial charge in [-0.3, -0.25) is 19.3 Å². The fraction of sp³-hybridized carbons (Fsp3) is 0.632. The Hall–Kier alpha value is -2.59. The van der Waals surface area contributed by atoms with Crippen molar-refractivity contribution >= 4 is 17.7 Å². The second-order valence-corrected chi connectivity index (χ2v) is 7.95. The van der Waals surface area contributed by atoms with Gasteiger partial charge in [0.05, 0.1) is 6.67 Å². The maximum Gasteiger partial charge on any atom is 0.272 e. The molecule has 3 heterocycles. The molecule has 3 amide bonds. The molecule has 10 heteroatoms. The first-order chi connectivity index (χ1) is 13.8. The van der Waals surface area contributed by atoms with Crippen LogP contribution in [0.15, 0.2) is 24.0 Å². The van der Waals surface area contributed by atoms with Crippen LogP contribution in [0.4, 0.5) is 0 Å². The predicted octanol–water partition coefficient (Wildman–Crippen LogP) is -1.56. The molecule has 0 aromatic carbocycles. The van der Waals surface area contributed by atoms with E-state index in [0.29, 0.717) is 31.9 Å². The number of nitrogens with two attached hydrogens (primary N) is 1. The highest BCUT2D eigenvalue weighted by atomic mass is 16.2. The Morgan fingerprint density at radius 3 is 2.72 bits per heavy atom. The Bertz CT molecular complexity index is 723. The topological polar surface area (TPSA) is 123 Å². The second kappa shape index (κ2) is 8.83. The molecule has 3 atom stereocenters. The third kappa shape index (κ3) is 4.70. The van der Waals surface area contributed by atoms with Crippen molar-refractivity contribution in [1.29, 1.82) is 0 Å². The average molecular weight is 406 g/mol. The quantitative estimate of drug-likeness (QED) is 0.404. The van der Waals surface area contributed by atoms with Crippen LogP contribution in [0.3, 0.4) is 0 Å². The van der Waals surface area contributed by atoms with Gasteiger partial charge in [0.15, 0.2) is 0 Å². The summed E-state index contributed by atoms with van der Waals surface area (Å²) >= 11 is 0. The number of nitrogens with zero attached hydrogens (tertiary/aromatic N) is 3. The molecule has 0 aromatic rings. The minimum Gasteiger partial charge on any atom is -0.368 e. The largest absolute Gasteiger partial charge is 0.368 e. The van der Waals surface area contributed by atoms with Gasteiger partial charge in [0.25, 0.3) is 5.91 Å². The zero-order chi connectivity index (χ0) is 21.1. The molecule has 5 N–H and O–H groups in total. The van der Waals surface area contributed by atoms with Gasteiger partial charge in [0, 0.05) is 31.4 Å². The lowest BCUT2D eigenvalue weighted by molar-refractivity contribution is -0.127. The molecule has 2 fully saturated rings. The fourth-order valence-electron chi connectivity index (χ4n) is 4.01. The zero-order valence-corrected chi connectivity index (χ0v) is 17.1. The van der Waals surface area contributed by atoms with Crippen molar-refractivity contribution in [3.05, 3.63) is 24.0 Å². The first-order valence-corrected chi connectivity index (χ1v) is 10.1. The predicted molar refractivity (Wildman–Crippen MR) is 108 cm³/mol. The van der Waals surface area contributed by atoms with Gasteiger partial charge in [-0.15, -0.1) is 0 Å². The van der Waals surface area contributed by atoms with Crippen molar-refractivity contribution < 1.29 is 14.4 Å². The van der Waals surface area contributed by atoms with E-state index in [0.717, 1.165) is 25.1 Å². The molecular formula is C19H31N7O3. The molecule has 0 aliphatic carbocycles. The summed E-state index contributed by atoms with van der Waals surface area (Å²) in [5, 5.41) is 2.96. The summed E-state index contributed by atoms with van der Waals surface area (Å²) < 4.78 is 0. The Balaban J connectivity index is 1.57. The number of carbonyl (C=O) groups is 3. The summed E-state index contributed by atoms with van der Waals surface area (Å²) in [6.45, 7) is 8.66. The van der Waals surface area contributed by atoms with E-state index >= 15 is 0 Å². The summed E-state index contributed by atoms with van der Waals surface area (Å²) in [4.78, 5) is 42.7. The number of amides is 3. The first-order valence-electron chi connectivity index (χ1n) is 10.1. The third-order valence-corrected chi connectivity index (χ3v) is 5.58. The lowest BCUT2D eigenvalue weighted by Gasteiger charge is -2.26. The summed E-state index contributed by atoms with van der Waals surface area (Å²) in [7, 11) is 1.96. The van der Waals surface area contributed by atoms with E-state index in [9.17, 15) is 14.4 Å². The normalized spacial score (nSPS) is 27.0. The van der Waals surface area contributed by atoms with E-state index in [1.165, 1.54) is 0 Å². The Morgan fingerprint density at radius 2 is 2.10 bits per heavy atom. The van der Waals surface area contributed by atoms with Crippen LogP contribution in [-0.2, 0) is 14.4 Å². The van der Waals surface area contributed by atoms with E-state index in [4.69, 9.17) is 5.73 Å². The van der Waals surface area contributed by atoms with Gasteiger partial charge in [0.1, 0.15) is 17.8 Å². The number of carbonyl (C=O) groups excluding carboxylic acids is 3. The molecule has 3 aliphatic heterocycles. The van der Waals surface area contributed by atoms with E-state index in [2.05, 4.69) is 27.6 Å². The highest BCUT2D eigenvalue weighted by molar-refractivity contribution is 5.96. The number of likely N-dealkylation sites (tertiary alicyclic amines) is 1. The van der Waals surface area contributed by atoms with E-state index in [1.54, 1.807) is 11.0 Å². The Labute approximate surface area is 171 Å². The zero-order valence-electron chi connectivity index (χ0n) is 17.1. The number of nitrogens with one attached hydrogen (secondary N) is 3. The summed E-state index contributed by atoms with van der Waals surface area (Å²) in [6.07, 6.45) is 3.74. The highest BCUT2D eigenvalue weighted by Crippen LogP contribution is 2.24. The Morgan fingerprint density at radius 1 is 1.34 bits per heavy atom. The number of primary amides is 1. The monoisotopic (exact) mass is 405 g/mol. The van der Waals surface area contributed by atoms with Crippen LogP contribution in [0.2, 0.25) is 0 Å². The van der Waals surface area contributed by atoms with Crippen LogP contribution in [0.5, 0.6) is 0 Å². The average Bonchev–Trinajstić information content (AvgIpc) is 3.40. The SMILES string of the molecule is C=C(CCC)N1CC(NC(=O)C2C=C(C(=O)N3CCN(C)C3)NN2)CC1C(N)=O. The molecule has 2 saturated heterocycles. The minimum atomic E-state index is -0.658. The Kier molecular flexibility index (Phi) is 6.43. The number of allylic oxidation sites excluding steroid dienone is 1. The second-order valence-electron chi connectivity index (χ2n) is 7.95. The summed E-state index contributed by atoms with van der Waals surface area (Å²) in [6, 6.07) is -1.33. The molecule has 3 rings (SSSR count). The molecule has 0 aromatic heterocycles. The molecule has 160 valence electrons. The lowest BCUT2D eigenvalue weighted by Crippen LogP contribution is -2.48. The van der Waals surface area contributed by atoms with Crippen LogP contribution in [-0.4, -0.2) is 83.9 Å². The molecule has 29 heavy (non-hydrogen) atoms. The minimum absolute atomic E-state index is 0.131. The lowest BCUT2D eigenvalue weighted by atomic mass is 10.1. The van der Waals surface area contributed by atoms with Crippen LogP contribution >= 0.6 is 0 Å². The first kappa shape index (κ1) is 21.1. The van der Waals surface area contributed by atoms with Gasteiger partial charge in [-0.2, -0.15) is 0 Å². The standard InChI is InChI=1S/C19H31N7O3/c1-4-5-12(2)26-10-13(8-16(26)17(20)27)21-18(28)14-9-15(23-22-14)19(29)25-7-6-24(3)11-25/h9,13-14,16,22-23H,2,4-8,10-11H2,1,3H3,(H2,20,27)(H,21,28). The van der Waals surface area contributed by atoms with Crippen LogP contribution in [0.1, 0.15) is 26.2 Å². The van der Waals surface area contributed by atoms with Gasteiger partial charge in [0.2, 0.25) is 11.8 Å². The van der Waals surface area contributed by atoms with Gasteiger partial charge in [-0.25, -0.2) is 5.43 Å². The van der Waals surface area contributed by atoms with Crippen molar-refractivity contribution in [2.75, 3.05) is 33.4 Å². The smallest absolute Gasteiger partial charge is 0.272 e. The van der Waals surface area contributed by atoms with Crippen LogP contribution in [0.25, 0.3) is 0 Å². The van der Waals surface area contributed by atoms with E-state index < -0.39 is 18.0 Å². The van der Waals surface area contributed by atoms with Gasteiger partial charge in [-0.1, -0.05) is 19.9 Å². The molecular weight excluding hydrogens is 374 g/mol. The highest BCUT2D eigenvalue weighted by Gasteiger charge is 2.38. The molecule has 0 spiro atoms. The van der Waals surface area contributed by atoms with Crippen molar-refractivity contribution in [3.63, 3.8) is 0 Å². The van der Waals surface area contributed by atoms with Gasteiger partial charge >= 0.3 is 0 Å². The van der Waals surface area contributed by atoms with Crippen LogP contribution in [0, 0.1) is 0 Å². The van der Waals surface area contributed by atoms with E-state index in [-0.39, 0.29) is 17.9 Å². The van der Waals surface area contributed by atoms with E-state index in [1.807, 2.05) is 18.9 Å². The fourth-order valence-corrected chi connectivity index (χ4v) is 4.01. The van der Waals surface area contributed by atoms with Crippen molar-refractivity contribution in [2.24, 2.45) is 5.73 Å². The van der Waals surface area contributed by atoms with Gasteiger partial charge in [-0.05, 0) is 26.0 Å². The van der Waals surface area contributed by atoms with Crippen molar-refractivity contribution in [1.82, 2.24) is 30.9 Å². The number of rotatable bonds is 7. The number of hydrogen-bond donors (Lipinski definition) is 4. The maximum atomic E-state index is 12.7. The maximum absolute atomic E-state index is 12.7. The number of hydrazine groups is 1. The number of likely N-dealkylation sites (N-methyl/N-ethyl adjacent to an activating group) is 1. The summed E-state index contributed by atoms with van der Waals surface area (Å²) in [5.74, 6) is -0.799. The molecule has 0 saturated carbocycles. The molecule has 0 radical (unpaired) electrons. The van der Waals surface area contributed by atoms with Crippen LogP contribution < -0.4 is 21.9 Å². The number of hydrogen-bond acceptors (Lipinski definition) is 7. The van der Waals surface area contributed by atoms with Gasteiger partial charge < -0.3 is 26.3 Å². The third-order valence-electron chi connectivity index (χ3n) is 5.58. The van der Waals surface area contributed by atoms with Crippen molar-refractivity contribution in [3.8, 4) is 0 Å². The van der Waals surface area contributed by atoms with Crippen molar-refractivity contribution in [2.45, 2.75) is 44.3 Å². The summed E-state index contributed by atoms with van der Waals surface area (Å²) in [5.41, 5.74) is 12.4. The molecule has 3 aliphatic rings. The molecule has 10 nitrogen and oxygen atoms in total. The molecule has 0 bridgehead atoms. The molecule has 3 unspecified atom stereocenters.